The molecule has 0 amide bonds. The third-order valence-electron chi connectivity index (χ3n) is 8.66. The topological polar surface area (TPSA) is 131 Å². The van der Waals surface area contributed by atoms with Gasteiger partial charge in [0.15, 0.2) is 0 Å². The van der Waals surface area contributed by atoms with Crippen LogP contribution in [0.15, 0.2) is 131 Å². The Bertz CT molecular complexity index is 2340. The predicted octanol–water partition coefficient (Wildman–Crippen LogP) is 15.7. The minimum Gasteiger partial charge on any atom is -0.324 e. The van der Waals surface area contributed by atoms with E-state index in [1.54, 1.807) is 54.8 Å². The maximum absolute atomic E-state index is 12.1. The van der Waals surface area contributed by atoms with Crippen molar-refractivity contribution >= 4 is 138 Å². The number of nitrogens with one attached hydrogen (secondary N) is 1. The summed E-state index contributed by atoms with van der Waals surface area (Å²) in [5.74, 6) is 0. The van der Waals surface area contributed by atoms with E-state index in [9.17, 15) is 18.0 Å². The summed E-state index contributed by atoms with van der Waals surface area (Å²) in [5, 5.41) is 3.38. The summed E-state index contributed by atoms with van der Waals surface area (Å²) in [5.41, 5.74) is 10.4. The summed E-state index contributed by atoms with van der Waals surface area (Å²) >= 11 is 28.9. The molecule has 5 atom stereocenters. The van der Waals surface area contributed by atoms with Crippen molar-refractivity contribution in [2.75, 3.05) is 0 Å². The van der Waals surface area contributed by atoms with Crippen LogP contribution in [0.25, 0.3) is 0 Å². The summed E-state index contributed by atoms with van der Waals surface area (Å²) in [4.78, 5) is 23.9. The Balaban J connectivity index is -0.000000779. The molecule has 2 unspecified atom stereocenters. The van der Waals surface area contributed by atoms with Crippen molar-refractivity contribution in [3.63, 3.8) is 0 Å². The number of halogens is 6. The molecular weight excluding hydrogens is 1060 g/mol. The maximum Gasteiger partial charge on any atom is 0.235 e. The molecule has 8 nitrogen and oxygen atoms in total. The fourth-order valence-corrected chi connectivity index (χ4v) is 7.44. The molecule has 0 radical (unpaired) electrons. The lowest BCUT2D eigenvalue weighted by Gasteiger charge is -2.23. The first-order valence-corrected chi connectivity index (χ1v) is 24.9. The third-order valence-corrected chi connectivity index (χ3v) is 12.8. The van der Waals surface area contributed by atoms with E-state index >= 15 is 0 Å². The number of carbonyl (C=O) groups excluding carboxylic acids is 2. The van der Waals surface area contributed by atoms with Gasteiger partial charge in [0.1, 0.15) is 17.3 Å². The van der Waals surface area contributed by atoms with E-state index in [2.05, 4.69) is 28.0 Å². The van der Waals surface area contributed by atoms with E-state index in [1.165, 1.54) is 0 Å². The summed E-state index contributed by atoms with van der Waals surface area (Å²) < 4.78 is 30.2. The van der Waals surface area contributed by atoms with Crippen molar-refractivity contribution in [1.29, 1.82) is 0 Å². The fourth-order valence-electron chi connectivity index (χ4n) is 5.00. The zero-order valence-electron chi connectivity index (χ0n) is 39.8. The molecule has 3 N–H and O–H groups in total. The largest absolute Gasteiger partial charge is 0.324 e. The third kappa shape index (κ3) is 29.6. The van der Waals surface area contributed by atoms with E-state index in [-0.39, 0.29) is 67.0 Å². The van der Waals surface area contributed by atoms with Crippen LogP contribution in [0.4, 0.5) is 0 Å². The second-order valence-corrected chi connectivity index (χ2v) is 22.2. The SMILES string of the molecule is CC(C)(C)S(=O)N=Cc1cccc(Cl)c1.CC[C@H](N)c1cccc(Cl)c1.CC[C@H](N=C=O)c1cccc(Cl)c1.CC[C@H](NS(=O)C(C)(C)C)c1cccc(Cl)c1.Cl.O=Cc1cccc(Cl)c1.S.S. The number of nitrogens with zero attached hydrogens (tertiary/aromatic N) is 2. The summed E-state index contributed by atoms with van der Waals surface area (Å²) in [6, 6.07) is 36.9. The highest BCUT2D eigenvalue weighted by molar-refractivity contribution is 7.85. The Hall–Kier alpha value is -2.52. The van der Waals surface area contributed by atoms with E-state index < -0.39 is 22.0 Å². The highest BCUT2D eigenvalue weighted by atomic mass is 35.5. The summed E-state index contributed by atoms with van der Waals surface area (Å²) in [6.07, 6.45) is 6.52. The van der Waals surface area contributed by atoms with Crippen molar-refractivity contribution in [1.82, 2.24) is 4.72 Å². The van der Waals surface area contributed by atoms with Gasteiger partial charge in [-0.25, -0.2) is 17.9 Å². The first-order valence-electron chi connectivity index (χ1n) is 20.8. The van der Waals surface area contributed by atoms with Crippen molar-refractivity contribution in [3.8, 4) is 0 Å². The van der Waals surface area contributed by atoms with Crippen LogP contribution < -0.4 is 10.5 Å². The Kier molecular flexibility index (Phi) is 38.2. The van der Waals surface area contributed by atoms with E-state index in [0.29, 0.717) is 25.7 Å². The van der Waals surface area contributed by atoms with Gasteiger partial charge in [-0.15, -0.1) is 12.4 Å². The number of aliphatic imine (C=N–C) groups is 1. The maximum atomic E-state index is 12.1. The minimum absolute atomic E-state index is 0. The van der Waals surface area contributed by atoms with Gasteiger partial charge < -0.3 is 5.73 Å². The Morgan fingerprint density at radius 2 is 1.03 bits per heavy atom. The van der Waals surface area contributed by atoms with Crippen LogP contribution >= 0.6 is 97.4 Å². The number of hydrogen-bond donors (Lipinski definition) is 2. The molecule has 0 aromatic heterocycles. The van der Waals surface area contributed by atoms with Gasteiger partial charge in [-0.05, 0) is 144 Å². The number of isocyanates is 1. The number of rotatable bonds is 12. The van der Waals surface area contributed by atoms with Crippen LogP contribution in [0.2, 0.25) is 25.1 Å². The molecule has 0 saturated heterocycles. The van der Waals surface area contributed by atoms with Gasteiger partial charge in [0, 0.05) is 49.0 Å². The lowest BCUT2D eigenvalue weighted by molar-refractivity contribution is 0.112. The lowest BCUT2D eigenvalue weighted by Crippen LogP contribution is -2.35. The molecule has 0 bridgehead atoms. The lowest BCUT2D eigenvalue weighted by atomic mass is 10.1. The van der Waals surface area contributed by atoms with Gasteiger partial charge in [0.2, 0.25) is 6.08 Å². The normalized spacial score (nSPS) is 12.6. The molecule has 0 aliphatic carbocycles. The Morgan fingerprint density at radius 3 is 1.41 bits per heavy atom. The van der Waals surface area contributed by atoms with Gasteiger partial charge >= 0.3 is 0 Å². The van der Waals surface area contributed by atoms with Crippen LogP contribution in [0.1, 0.15) is 132 Å². The fraction of sp³-hybridized carbons (Fsp3) is 0.340. The van der Waals surface area contributed by atoms with Crippen LogP contribution in [0, 0.1) is 0 Å². The molecule has 68 heavy (non-hydrogen) atoms. The molecule has 0 heterocycles. The molecule has 0 saturated carbocycles. The Morgan fingerprint density at radius 1 is 0.618 bits per heavy atom. The van der Waals surface area contributed by atoms with Crippen molar-refractivity contribution < 1.29 is 18.0 Å². The Labute approximate surface area is 455 Å². The smallest absolute Gasteiger partial charge is 0.235 e. The highest BCUT2D eigenvalue weighted by Crippen LogP contribution is 2.24. The molecular formula is C50H66Cl6N4O4S4. The molecule has 0 aliphatic rings. The zero-order chi connectivity index (χ0) is 49.2. The average molecular weight is 1130 g/mol. The minimum atomic E-state index is -1.22. The van der Waals surface area contributed by atoms with E-state index in [4.69, 9.17) is 63.7 Å². The van der Waals surface area contributed by atoms with Gasteiger partial charge in [-0.2, -0.15) is 36.4 Å². The van der Waals surface area contributed by atoms with Crippen molar-refractivity contribution in [3.05, 3.63) is 174 Å². The van der Waals surface area contributed by atoms with Gasteiger partial charge in [-0.1, -0.05) is 139 Å². The molecule has 0 spiro atoms. The molecule has 376 valence electrons. The quantitative estimate of drug-likeness (QED) is 0.0730. The molecule has 18 heteroatoms. The molecule has 5 aromatic carbocycles. The number of benzene rings is 5. The molecule has 0 aliphatic heterocycles. The van der Waals surface area contributed by atoms with E-state index in [0.717, 1.165) is 52.8 Å². The van der Waals surface area contributed by atoms with Gasteiger partial charge in [-0.3, -0.25) is 4.79 Å². The van der Waals surface area contributed by atoms with Crippen LogP contribution in [0.5, 0.6) is 0 Å². The summed E-state index contributed by atoms with van der Waals surface area (Å²) in [7, 11) is -2.29. The zero-order valence-corrected chi connectivity index (χ0v) is 48.0. The first kappa shape index (κ1) is 69.7. The van der Waals surface area contributed by atoms with Gasteiger partial charge in [0.05, 0.1) is 26.5 Å². The predicted molar refractivity (Wildman–Crippen MR) is 309 cm³/mol. The standard InChI is InChI=1S/C13H20ClNOS.C11H14ClNOS.C10H10ClNO.C9H12ClN.C7H5ClO.ClH.2H2S/c1-5-12(15-17(16)13(2,3)4)10-7-6-8-11(14)9-10;1-11(2,3)15(14)13-8-9-5-4-6-10(12)7-9;1-2-10(12-7-13)8-4-3-5-9(11)6-8;1-2-9(11)7-4-3-5-8(10)6-7;8-7-3-1-2-6(4-7)5-9;;;/h6-9,12,15H,5H2,1-4H3;4-8H,1-3H3;3-6,10H,2H2,1H3;3-6,9H,2,11H2,1H3;1-5H;1H;2*1H2/t12-,17?;;10-;9-;;;;/m0.00..../s1. The number of carbonyl (C=O) groups is 1. The molecule has 5 aromatic rings. The monoisotopic (exact) mass is 1120 g/mol. The molecule has 0 fully saturated rings. The highest BCUT2D eigenvalue weighted by Gasteiger charge is 2.23. The van der Waals surface area contributed by atoms with Crippen LogP contribution in [0.3, 0.4) is 0 Å². The first-order chi connectivity index (χ1) is 30.6. The van der Waals surface area contributed by atoms with Crippen LogP contribution in [-0.4, -0.2) is 36.5 Å². The van der Waals surface area contributed by atoms with Crippen molar-refractivity contribution in [2.24, 2.45) is 15.1 Å². The van der Waals surface area contributed by atoms with Crippen LogP contribution in [-0.2, 0) is 26.8 Å². The summed E-state index contributed by atoms with van der Waals surface area (Å²) in [6.45, 7) is 17.6. The number of hydrogen-bond acceptors (Lipinski definition) is 6. The average Bonchev–Trinajstić information content (AvgIpc) is 3.26. The second kappa shape index (κ2) is 37.3. The second-order valence-electron chi connectivity index (χ2n) is 16.1. The van der Waals surface area contributed by atoms with Gasteiger partial charge in [0.25, 0.3) is 0 Å². The number of aldehydes is 1. The number of nitrogens with two attached hydrogens (primary N) is 1. The van der Waals surface area contributed by atoms with E-state index in [1.807, 2.05) is 127 Å². The van der Waals surface area contributed by atoms with Crippen molar-refractivity contribution in [2.45, 2.75) is 109 Å². The molecule has 5 rings (SSSR count).